The standard InChI is InChI=1S/C17H19N3O/c1-11-6-4-5-7-14(11)12(2)20-16-9-8-13(21-3)10-15(16)19-17(20)18/h4-10,12H,1-3H3,(H2,18,19). The summed E-state index contributed by atoms with van der Waals surface area (Å²) < 4.78 is 7.31. The molecule has 0 aliphatic carbocycles. The van der Waals surface area contributed by atoms with Crippen LogP contribution in [0.15, 0.2) is 42.5 Å². The van der Waals surface area contributed by atoms with Crippen molar-refractivity contribution < 1.29 is 4.74 Å². The molecule has 0 fully saturated rings. The van der Waals surface area contributed by atoms with Crippen molar-refractivity contribution in [2.75, 3.05) is 12.8 Å². The number of nitrogens with two attached hydrogens (primary N) is 1. The van der Waals surface area contributed by atoms with E-state index in [1.165, 1.54) is 11.1 Å². The minimum atomic E-state index is 0.129. The predicted octanol–water partition coefficient (Wildman–Crippen LogP) is 3.54. The number of ether oxygens (including phenoxy) is 1. The van der Waals surface area contributed by atoms with E-state index in [0.29, 0.717) is 5.95 Å². The maximum atomic E-state index is 6.14. The molecule has 0 saturated carbocycles. The monoisotopic (exact) mass is 281 g/mol. The van der Waals surface area contributed by atoms with Crippen molar-refractivity contribution in [2.45, 2.75) is 19.9 Å². The van der Waals surface area contributed by atoms with E-state index in [2.05, 4.69) is 41.6 Å². The lowest BCUT2D eigenvalue weighted by molar-refractivity contribution is 0.415. The number of anilines is 1. The van der Waals surface area contributed by atoms with Crippen molar-refractivity contribution in [3.63, 3.8) is 0 Å². The number of fused-ring (bicyclic) bond motifs is 1. The van der Waals surface area contributed by atoms with Gasteiger partial charge in [0.2, 0.25) is 5.95 Å². The third kappa shape index (κ3) is 2.23. The number of aryl methyl sites for hydroxylation is 1. The lowest BCUT2D eigenvalue weighted by Crippen LogP contribution is -2.11. The van der Waals surface area contributed by atoms with Gasteiger partial charge in [0.15, 0.2) is 0 Å². The van der Waals surface area contributed by atoms with Crippen molar-refractivity contribution in [3.8, 4) is 5.75 Å². The number of hydrogen-bond acceptors (Lipinski definition) is 3. The van der Waals surface area contributed by atoms with E-state index in [1.54, 1.807) is 7.11 Å². The number of nitrogens with zero attached hydrogens (tertiary/aromatic N) is 2. The quantitative estimate of drug-likeness (QED) is 0.798. The molecule has 4 heteroatoms. The van der Waals surface area contributed by atoms with E-state index in [9.17, 15) is 0 Å². The van der Waals surface area contributed by atoms with Crippen LogP contribution < -0.4 is 10.5 Å². The molecule has 3 rings (SSSR count). The summed E-state index contributed by atoms with van der Waals surface area (Å²) in [4.78, 5) is 4.46. The first-order valence-electron chi connectivity index (χ1n) is 6.99. The minimum absolute atomic E-state index is 0.129. The van der Waals surface area contributed by atoms with Crippen molar-refractivity contribution >= 4 is 17.0 Å². The first kappa shape index (κ1) is 13.5. The average molecular weight is 281 g/mol. The number of imidazole rings is 1. The number of nitrogen functional groups attached to an aromatic ring is 1. The zero-order valence-corrected chi connectivity index (χ0v) is 12.5. The molecule has 2 N–H and O–H groups in total. The highest BCUT2D eigenvalue weighted by atomic mass is 16.5. The van der Waals surface area contributed by atoms with Crippen molar-refractivity contribution in [1.29, 1.82) is 0 Å². The number of hydrogen-bond donors (Lipinski definition) is 1. The Morgan fingerprint density at radius 3 is 2.67 bits per heavy atom. The number of aromatic nitrogens is 2. The molecule has 1 unspecified atom stereocenters. The Hall–Kier alpha value is -2.49. The molecular weight excluding hydrogens is 262 g/mol. The summed E-state index contributed by atoms with van der Waals surface area (Å²) in [6.45, 7) is 4.26. The van der Waals surface area contributed by atoms with Gasteiger partial charge in [0.25, 0.3) is 0 Å². The first-order chi connectivity index (χ1) is 10.1. The molecule has 1 heterocycles. The molecule has 0 spiro atoms. The number of methoxy groups -OCH3 is 1. The van der Waals surface area contributed by atoms with Gasteiger partial charge in [-0.15, -0.1) is 0 Å². The van der Waals surface area contributed by atoms with Gasteiger partial charge in [0.1, 0.15) is 5.75 Å². The largest absolute Gasteiger partial charge is 0.497 e. The second-order valence-electron chi connectivity index (χ2n) is 5.23. The van der Waals surface area contributed by atoms with Gasteiger partial charge in [0.05, 0.1) is 24.2 Å². The van der Waals surface area contributed by atoms with Crippen LogP contribution in [-0.2, 0) is 0 Å². The van der Waals surface area contributed by atoms with Gasteiger partial charge in [-0.2, -0.15) is 0 Å². The molecule has 0 aliphatic heterocycles. The summed E-state index contributed by atoms with van der Waals surface area (Å²) in [5.41, 5.74) is 10.5. The van der Waals surface area contributed by atoms with E-state index < -0.39 is 0 Å². The summed E-state index contributed by atoms with van der Waals surface area (Å²) in [5, 5.41) is 0. The lowest BCUT2D eigenvalue weighted by atomic mass is 10.0. The normalized spacial score (nSPS) is 12.5. The minimum Gasteiger partial charge on any atom is -0.497 e. The van der Waals surface area contributed by atoms with Crippen LogP contribution in [0, 0.1) is 6.92 Å². The van der Waals surface area contributed by atoms with Crippen LogP contribution >= 0.6 is 0 Å². The molecular formula is C17H19N3O. The maximum absolute atomic E-state index is 6.14. The molecule has 4 nitrogen and oxygen atoms in total. The smallest absolute Gasteiger partial charge is 0.201 e. The van der Waals surface area contributed by atoms with E-state index in [-0.39, 0.29) is 6.04 Å². The summed E-state index contributed by atoms with van der Waals surface area (Å²) in [6.07, 6.45) is 0. The lowest BCUT2D eigenvalue weighted by Gasteiger charge is -2.18. The summed E-state index contributed by atoms with van der Waals surface area (Å²) >= 11 is 0. The molecule has 1 aromatic heterocycles. The third-order valence-corrected chi connectivity index (χ3v) is 3.95. The van der Waals surface area contributed by atoms with E-state index in [4.69, 9.17) is 10.5 Å². The van der Waals surface area contributed by atoms with Gasteiger partial charge < -0.3 is 15.0 Å². The Balaban J connectivity index is 2.16. The molecule has 2 aromatic carbocycles. The van der Waals surface area contributed by atoms with Gasteiger partial charge in [-0.3, -0.25) is 0 Å². The molecule has 0 radical (unpaired) electrons. The average Bonchev–Trinajstić information content (AvgIpc) is 2.81. The Labute approximate surface area is 124 Å². The highest BCUT2D eigenvalue weighted by Crippen LogP contribution is 2.30. The van der Waals surface area contributed by atoms with Gasteiger partial charge in [0, 0.05) is 6.07 Å². The molecule has 0 aliphatic rings. The zero-order chi connectivity index (χ0) is 15.0. The van der Waals surface area contributed by atoms with Crippen LogP contribution in [0.1, 0.15) is 24.1 Å². The zero-order valence-electron chi connectivity index (χ0n) is 12.5. The van der Waals surface area contributed by atoms with Crippen LogP contribution in [0.5, 0.6) is 5.75 Å². The number of benzene rings is 2. The molecule has 0 bridgehead atoms. The second-order valence-corrected chi connectivity index (χ2v) is 5.23. The van der Waals surface area contributed by atoms with E-state index >= 15 is 0 Å². The Morgan fingerprint density at radius 1 is 1.19 bits per heavy atom. The van der Waals surface area contributed by atoms with Crippen molar-refractivity contribution in [2.24, 2.45) is 0 Å². The van der Waals surface area contributed by atoms with Crippen molar-refractivity contribution in [1.82, 2.24) is 9.55 Å². The molecule has 3 aromatic rings. The fraction of sp³-hybridized carbons (Fsp3) is 0.235. The molecule has 0 amide bonds. The molecule has 0 saturated heterocycles. The number of rotatable bonds is 3. The second kappa shape index (κ2) is 5.13. The van der Waals surface area contributed by atoms with Gasteiger partial charge >= 0.3 is 0 Å². The maximum Gasteiger partial charge on any atom is 0.201 e. The van der Waals surface area contributed by atoms with Crippen LogP contribution in [-0.4, -0.2) is 16.7 Å². The van der Waals surface area contributed by atoms with E-state index in [0.717, 1.165) is 16.8 Å². The summed E-state index contributed by atoms with van der Waals surface area (Å²) in [6, 6.07) is 14.3. The van der Waals surface area contributed by atoms with Crippen molar-refractivity contribution in [3.05, 3.63) is 53.6 Å². The first-order valence-corrected chi connectivity index (χ1v) is 6.99. The summed E-state index contributed by atoms with van der Waals surface area (Å²) in [5.74, 6) is 1.31. The van der Waals surface area contributed by atoms with Crippen LogP contribution in [0.3, 0.4) is 0 Å². The Kier molecular flexibility index (Phi) is 3.29. The predicted molar refractivity (Wildman–Crippen MR) is 85.7 cm³/mol. The SMILES string of the molecule is COc1ccc2c(c1)nc(N)n2C(C)c1ccccc1C. The van der Waals surface area contributed by atoms with Crippen LogP contribution in [0.25, 0.3) is 11.0 Å². The molecule has 21 heavy (non-hydrogen) atoms. The van der Waals surface area contributed by atoms with Gasteiger partial charge in [-0.1, -0.05) is 24.3 Å². The van der Waals surface area contributed by atoms with E-state index in [1.807, 2.05) is 24.3 Å². The highest BCUT2D eigenvalue weighted by molar-refractivity contribution is 5.80. The highest BCUT2D eigenvalue weighted by Gasteiger charge is 2.17. The summed E-state index contributed by atoms with van der Waals surface area (Å²) in [7, 11) is 1.65. The van der Waals surface area contributed by atoms with Crippen LogP contribution in [0.2, 0.25) is 0 Å². The topological polar surface area (TPSA) is 53.1 Å². The van der Waals surface area contributed by atoms with Crippen LogP contribution in [0.4, 0.5) is 5.95 Å². The Bertz CT molecular complexity index is 792. The fourth-order valence-electron chi connectivity index (χ4n) is 2.83. The van der Waals surface area contributed by atoms with Gasteiger partial charge in [-0.05, 0) is 37.1 Å². The fourth-order valence-corrected chi connectivity index (χ4v) is 2.83. The molecule has 1 atom stereocenters. The molecule has 108 valence electrons. The third-order valence-electron chi connectivity index (χ3n) is 3.95. The Morgan fingerprint density at radius 2 is 1.95 bits per heavy atom. The van der Waals surface area contributed by atoms with Gasteiger partial charge in [-0.25, -0.2) is 4.98 Å².